The Kier molecular flexibility index (Phi) is 13.4. The van der Waals surface area contributed by atoms with E-state index in [2.05, 4.69) is 40.9 Å². The lowest BCUT2D eigenvalue weighted by Gasteiger charge is -2.54. The van der Waals surface area contributed by atoms with Gasteiger partial charge < -0.3 is 86.0 Å². The fraction of sp³-hybridized carbons (Fsp3) is 0.918. The van der Waals surface area contributed by atoms with Crippen molar-refractivity contribution in [3.05, 3.63) is 24.3 Å². The Morgan fingerprint density at radius 2 is 1.12 bits per heavy atom. The van der Waals surface area contributed by atoms with Crippen molar-refractivity contribution in [1.29, 1.82) is 0 Å². The van der Waals surface area contributed by atoms with Gasteiger partial charge in [-0.25, -0.2) is 0 Å². The highest BCUT2D eigenvalue weighted by Gasteiger charge is 2.70. The normalized spacial score (nSPS) is 58.9. The molecule has 0 aromatic carbocycles. The lowest BCUT2D eigenvalue weighted by molar-refractivity contribution is -0.369. The number of esters is 1. The first-order chi connectivity index (χ1) is 38.6. The summed E-state index contributed by atoms with van der Waals surface area (Å²) in [6.45, 7) is 17.6. The smallest absolute Gasteiger partial charge is 0.308 e. The number of fused-ring (bicyclic) bond motifs is 11. The van der Waals surface area contributed by atoms with Gasteiger partial charge in [0.15, 0.2) is 17.4 Å². The molecule has 2 unspecified atom stereocenters. The van der Waals surface area contributed by atoms with Crippen LogP contribution in [0, 0.1) is 23.7 Å². The van der Waals surface area contributed by atoms with Gasteiger partial charge in [0.1, 0.15) is 42.7 Å². The quantitative estimate of drug-likeness (QED) is 0.265. The van der Waals surface area contributed by atoms with Crippen LogP contribution in [-0.2, 0) is 80.6 Å². The first-order valence-corrected chi connectivity index (χ1v) is 31.4. The predicted molar refractivity (Wildman–Crippen MR) is 276 cm³/mol. The van der Waals surface area contributed by atoms with E-state index in [1.165, 1.54) is 0 Å². The fourth-order valence-electron chi connectivity index (χ4n) is 18.8. The molecular formula is C61H86O19. The number of carbonyl (C=O) groups is 1. The monoisotopic (exact) mass is 1120 g/mol. The van der Waals surface area contributed by atoms with E-state index < -0.39 is 60.1 Å². The molecule has 17 aliphatic heterocycles. The van der Waals surface area contributed by atoms with E-state index in [1.807, 2.05) is 0 Å². The van der Waals surface area contributed by atoms with Crippen molar-refractivity contribution < 1.29 is 90.8 Å². The van der Waals surface area contributed by atoms with Crippen molar-refractivity contribution in [3.63, 3.8) is 0 Å². The standard InChI is InChI=1S/C61H86O19/c1-26-13-32-7-9-36-27(2)14-34(65-36)11-12-59-23-47-55(79-59)56-57(73-47)58(80-59)54-37(70-56)10-8-33(67-54)15-49(64)74-53-31(6)52-44(69-43(53)16-38(66-32)30(26)5)19-42-46(72-52)22-61(75-42)24-48-51(78-61)29(4)21-60(77-48)20-28(3)50-45(76-60)18-40-41(71-50)17-39(68-40)35(63)25-62/h26,28-29,31-48,50-58,62-63H,2,5,7-25H2,1,3-4,6H3/t26-,28+,29+,31+,32+,33-,34+,35?,36+,37+,38-,39?,40-,41-,42-,43+,44+,45+,46-,47-,48+,50+,51+,52+,53-,54+,55+,56+,57-,58+,59+,60-,61+/m1/s1. The van der Waals surface area contributed by atoms with Gasteiger partial charge in [-0.15, -0.1) is 0 Å². The molecule has 0 radical (unpaired) electrons. The maximum Gasteiger partial charge on any atom is 0.308 e. The van der Waals surface area contributed by atoms with Crippen molar-refractivity contribution >= 4 is 5.97 Å². The molecule has 444 valence electrons. The molecule has 0 aromatic rings. The summed E-state index contributed by atoms with van der Waals surface area (Å²) in [6.07, 6.45) is 4.03. The summed E-state index contributed by atoms with van der Waals surface area (Å²) in [6, 6.07) is 0. The summed E-state index contributed by atoms with van der Waals surface area (Å²) >= 11 is 0. The summed E-state index contributed by atoms with van der Waals surface area (Å²) in [7, 11) is 0. The Bertz CT molecular complexity index is 2410. The minimum absolute atomic E-state index is 0.0140. The molecule has 0 aromatic heterocycles. The molecule has 0 aliphatic carbocycles. The van der Waals surface area contributed by atoms with Crippen LogP contribution in [0.15, 0.2) is 24.3 Å². The third kappa shape index (κ3) is 8.99. The topological polar surface area (TPSA) is 205 Å². The number of ether oxygens (including phenoxy) is 16. The second-order valence-corrected chi connectivity index (χ2v) is 28.1. The summed E-state index contributed by atoms with van der Waals surface area (Å²) in [4.78, 5) is 14.6. The van der Waals surface area contributed by atoms with E-state index in [-0.39, 0.29) is 159 Å². The van der Waals surface area contributed by atoms with Crippen molar-refractivity contribution in [2.24, 2.45) is 23.7 Å². The highest BCUT2D eigenvalue weighted by molar-refractivity contribution is 5.70. The van der Waals surface area contributed by atoms with E-state index >= 15 is 0 Å². The summed E-state index contributed by atoms with van der Waals surface area (Å²) in [5, 5.41) is 20.0. The van der Waals surface area contributed by atoms with E-state index in [9.17, 15) is 15.0 Å². The zero-order chi connectivity index (χ0) is 54.3. The fourth-order valence-corrected chi connectivity index (χ4v) is 18.8. The molecule has 17 aliphatic rings. The first kappa shape index (κ1) is 53.7. The van der Waals surface area contributed by atoms with Crippen LogP contribution < -0.4 is 0 Å². The first-order valence-electron chi connectivity index (χ1n) is 31.4. The minimum Gasteiger partial charge on any atom is -0.459 e. The SMILES string of the molecule is C=C1C[C@@H]2CC[C@@]34C[C@H]5O[C@H]6[C@@H](O3)[C@H]3O[C@H](CC[C@@H]3O[C@H]6[C@H]5O4)CC(=O)O[C@@H]3[C@@H](C)[C@@H]4O[C@@H]5C[C@]6(C[C@@H]7O[C@]8(C[C@H](C)[C@@H]9O[C@@H]%10CC(C(O)CO)O[C@@H]%10C[C@@H]9O8)C[C@H](C)[C@@H]7O6)O[C@@H]5C[C@@H]4O[C@H]3C[C@H]3O[C@@H](CC[C@@H]1O2)C[C@@H](C)C3=C. The Balaban J connectivity index is 0.628. The Morgan fingerprint density at radius 1 is 0.475 bits per heavy atom. The number of rotatable bonds is 2. The lowest BCUT2D eigenvalue weighted by Crippen LogP contribution is -2.62. The largest absolute Gasteiger partial charge is 0.459 e. The molecule has 2 N–H and O–H groups in total. The van der Waals surface area contributed by atoms with Gasteiger partial charge in [-0.05, 0) is 73.8 Å². The highest BCUT2D eigenvalue weighted by atomic mass is 16.8. The van der Waals surface area contributed by atoms with Gasteiger partial charge in [0, 0.05) is 70.1 Å². The maximum absolute atomic E-state index is 14.6. The van der Waals surface area contributed by atoms with Crippen molar-refractivity contribution in [1.82, 2.24) is 0 Å². The molecule has 19 nitrogen and oxygen atoms in total. The Hall–Kier alpha value is -1.73. The Labute approximate surface area is 469 Å². The molecule has 17 fully saturated rings. The van der Waals surface area contributed by atoms with Crippen LogP contribution in [0.1, 0.15) is 143 Å². The minimum atomic E-state index is -0.941. The van der Waals surface area contributed by atoms with Gasteiger partial charge in [-0.1, -0.05) is 40.9 Å². The van der Waals surface area contributed by atoms with Gasteiger partial charge in [-0.3, -0.25) is 4.79 Å². The van der Waals surface area contributed by atoms with Crippen LogP contribution in [0.5, 0.6) is 0 Å². The molecule has 19 heteroatoms. The van der Waals surface area contributed by atoms with Crippen LogP contribution in [0.25, 0.3) is 0 Å². The predicted octanol–water partition coefficient (Wildman–Crippen LogP) is 5.33. The number of aliphatic hydroxyl groups is 2. The molecule has 0 amide bonds. The second-order valence-electron chi connectivity index (χ2n) is 28.1. The second kappa shape index (κ2) is 19.9. The Morgan fingerprint density at radius 3 is 1.99 bits per heavy atom. The van der Waals surface area contributed by atoms with Gasteiger partial charge in [-0.2, -0.15) is 0 Å². The van der Waals surface area contributed by atoms with Gasteiger partial charge in [0.05, 0.1) is 129 Å². The summed E-state index contributed by atoms with van der Waals surface area (Å²) < 4.78 is 110. The van der Waals surface area contributed by atoms with Crippen LogP contribution in [0.4, 0.5) is 0 Å². The average Bonchev–Trinajstić information content (AvgIpc) is 3.61. The third-order valence-corrected chi connectivity index (χ3v) is 22.6. The number of aliphatic hydroxyl groups excluding tert-OH is 2. The molecule has 3 spiro atoms. The van der Waals surface area contributed by atoms with E-state index in [0.29, 0.717) is 70.6 Å². The van der Waals surface area contributed by atoms with E-state index in [1.54, 1.807) is 0 Å². The highest BCUT2D eigenvalue weighted by Crippen LogP contribution is 2.58. The van der Waals surface area contributed by atoms with E-state index in [4.69, 9.17) is 75.8 Å². The molecule has 12 bridgehead atoms. The maximum atomic E-state index is 14.6. The van der Waals surface area contributed by atoms with Crippen molar-refractivity contribution in [3.8, 4) is 0 Å². The molecule has 17 saturated heterocycles. The van der Waals surface area contributed by atoms with Crippen LogP contribution in [0.3, 0.4) is 0 Å². The summed E-state index contributed by atoms with van der Waals surface area (Å²) in [5.41, 5.74) is 2.16. The van der Waals surface area contributed by atoms with Crippen LogP contribution in [0.2, 0.25) is 0 Å². The molecule has 80 heavy (non-hydrogen) atoms. The third-order valence-electron chi connectivity index (χ3n) is 22.6. The van der Waals surface area contributed by atoms with Gasteiger partial charge >= 0.3 is 5.97 Å². The van der Waals surface area contributed by atoms with Gasteiger partial charge in [0.25, 0.3) is 0 Å². The molecule has 17 rings (SSSR count). The average molecular weight is 1120 g/mol. The van der Waals surface area contributed by atoms with E-state index in [0.717, 1.165) is 49.7 Å². The number of hydrogen-bond acceptors (Lipinski definition) is 19. The zero-order valence-electron chi connectivity index (χ0n) is 47.0. The molecule has 17 heterocycles. The van der Waals surface area contributed by atoms with Crippen molar-refractivity contribution in [2.75, 3.05) is 6.61 Å². The van der Waals surface area contributed by atoms with Crippen molar-refractivity contribution in [2.45, 2.75) is 319 Å². The zero-order valence-corrected chi connectivity index (χ0v) is 47.0. The lowest BCUT2D eigenvalue weighted by atomic mass is 9.78. The number of hydrogen-bond donors (Lipinski definition) is 2. The van der Waals surface area contributed by atoms with Crippen LogP contribution >= 0.6 is 0 Å². The van der Waals surface area contributed by atoms with Crippen LogP contribution in [-0.4, -0.2) is 199 Å². The summed E-state index contributed by atoms with van der Waals surface area (Å²) in [5.74, 6) is -2.60. The van der Waals surface area contributed by atoms with Gasteiger partial charge in [0.2, 0.25) is 0 Å². The number of carbonyl (C=O) groups excluding carboxylic acids is 1. The molecular weight excluding hydrogens is 1040 g/mol. The molecule has 0 saturated carbocycles. The molecule has 33 atom stereocenters.